The number of fused-ring (bicyclic) bond motifs is 1. The molecule has 3 rings (SSSR count). The summed E-state index contributed by atoms with van der Waals surface area (Å²) in [7, 11) is 3.10. The van der Waals surface area contributed by atoms with Crippen molar-refractivity contribution in [1.29, 1.82) is 0 Å². The number of amides is 2. The fourth-order valence-corrected chi connectivity index (χ4v) is 2.55. The summed E-state index contributed by atoms with van der Waals surface area (Å²) >= 11 is 5.03. The summed E-state index contributed by atoms with van der Waals surface area (Å²) in [6, 6.07) is 5.50. The average Bonchev–Trinajstić information content (AvgIpc) is 3.02. The lowest BCUT2D eigenvalue weighted by atomic mass is 10.1. The van der Waals surface area contributed by atoms with Crippen molar-refractivity contribution in [3.63, 3.8) is 0 Å². The zero-order valence-corrected chi connectivity index (χ0v) is 13.5. The van der Waals surface area contributed by atoms with Crippen LogP contribution < -0.4 is 9.47 Å². The predicted molar refractivity (Wildman–Crippen MR) is 86.4 cm³/mol. The average molecular weight is 333 g/mol. The van der Waals surface area contributed by atoms with Crippen molar-refractivity contribution in [1.82, 2.24) is 9.80 Å². The minimum atomic E-state index is -0.939. The molecule has 1 saturated heterocycles. The van der Waals surface area contributed by atoms with Crippen molar-refractivity contribution in [2.75, 3.05) is 20.9 Å². The van der Waals surface area contributed by atoms with Crippen molar-refractivity contribution in [2.45, 2.75) is 6.54 Å². The van der Waals surface area contributed by atoms with E-state index in [1.807, 2.05) is 18.2 Å². The smallest absolute Gasteiger partial charge is 0.246 e. The van der Waals surface area contributed by atoms with Crippen LogP contribution in [-0.2, 0) is 16.1 Å². The molecule has 0 unspecified atom stereocenters. The van der Waals surface area contributed by atoms with Crippen LogP contribution in [0.2, 0.25) is 0 Å². The predicted octanol–water partition coefficient (Wildman–Crippen LogP) is 0.818. The van der Waals surface area contributed by atoms with Crippen molar-refractivity contribution in [3.05, 3.63) is 23.8 Å². The van der Waals surface area contributed by atoms with Crippen LogP contribution in [0.4, 0.5) is 0 Å². The highest BCUT2D eigenvalue weighted by Crippen LogP contribution is 2.32. The lowest BCUT2D eigenvalue weighted by Gasteiger charge is -2.33. The van der Waals surface area contributed by atoms with Crippen LogP contribution in [0.15, 0.2) is 23.2 Å². The van der Waals surface area contributed by atoms with Gasteiger partial charge in [-0.1, -0.05) is 6.07 Å². The highest BCUT2D eigenvalue weighted by molar-refractivity contribution is 7.80. The lowest BCUT2D eigenvalue weighted by molar-refractivity contribution is -0.142. The third kappa shape index (κ3) is 2.77. The molecule has 0 radical (unpaired) electrons. The van der Waals surface area contributed by atoms with Crippen LogP contribution >= 0.6 is 12.2 Å². The van der Waals surface area contributed by atoms with Gasteiger partial charge in [0.2, 0.25) is 18.6 Å². The van der Waals surface area contributed by atoms with Gasteiger partial charge in [-0.15, -0.1) is 0 Å². The van der Waals surface area contributed by atoms with Gasteiger partial charge in [0.25, 0.3) is 0 Å². The van der Waals surface area contributed by atoms with Gasteiger partial charge in [0.05, 0.1) is 6.54 Å². The number of carbonyl (C=O) groups is 2. The maximum absolute atomic E-state index is 12.2. The van der Waals surface area contributed by atoms with Gasteiger partial charge in [-0.05, 0) is 29.9 Å². The Labute approximate surface area is 138 Å². The monoisotopic (exact) mass is 333 g/mol. The summed E-state index contributed by atoms with van der Waals surface area (Å²) in [5.74, 6) is -0.301. The highest BCUT2D eigenvalue weighted by Gasteiger charge is 2.39. The first-order chi connectivity index (χ1) is 11.0. The molecule has 1 aromatic rings. The summed E-state index contributed by atoms with van der Waals surface area (Å²) in [5.41, 5.74) is 0.901. The van der Waals surface area contributed by atoms with Crippen LogP contribution in [0, 0.1) is 5.92 Å². The van der Waals surface area contributed by atoms with Crippen molar-refractivity contribution in [3.8, 4) is 11.5 Å². The molecule has 2 amide bonds. The fraction of sp³-hybridized carbons (Fsp3) is 0.333. The van der Waals surface area contributed by atoms with Gasteiger partial charge in [-0.25, -0.2) is 0 Å². The Morgan fingerprint density at radius 2 is 1.87 bits per heavy atom. The largest absolute Gasteiger partial charge is 0.454 e. The second-order valence-corrected chi connectivity index (χ2v) is 5.60. The topological polar surface area (TPSA) is 71.4 Å². The van der Waals surface area contributed by atoms with E-state index >= 15 is 0 Å². The Kier molecular flexibility index (Phi) is 3.99. The Hall–Kier alpha value is -2.48. The SMILES string of the molecule is CN1C(=O)C(C=NCc2ccc3c(c2)OCO3)C(=O)N(C)C1=S. The van der Waals surface area contributed by atoms with E-state index in [1.54, 1.807) is 14.1 Å². The normalized spacial score (nSPS) is 18.4. The number of thiocarbonyl (C=S) groups is 1. The first-order valence-corrected chi connectivity index (χ1v) is 7.37. The molecule has 0 N–H and O–H groups in total. The van der Waals surface area contributed by atoms with Crippen LogP contribution in [0.1, 0.15) is 5.56 Å². The molecule has 2 heterocycles. The number of rotatable bonds is 3. The van der Waals surface area contributed by atoms with E-state index in [1.165, 1.54) is 16.0 Å². The third-order valence-electron chi connectivity index (χ3n) is 3.73. The maximum atomic E-state index is 12.2. The van der Waals surface area contributed by atoms with Gasteiger partial charge in [-0.3, -0.25) is 24.4 Å². The van der Waals surface area contributed by atoms with E-state index in [0.29, 0.717) is 18.0 Å². The Morgan fingerprint density at radius 3 is 2.57 bits per heavy atom. The minimum Gasteiger partial charge on any atom is -0.454 e. The Balaban J connectivity index is 1.71. The fourth-order valence-electron chi connectivity index (χ4n) is 2.37. The quantitative estimate of drug-likeness (QED) is 0.465. The molecule has 8 heteroatoms. The van der Waals surface area contributed by atoms with Gasteiger partial charge >= 0.3 is 0 Å². The van der Waals surface area contributed by atoms with E-state index < -0.39 is 5.92 Å². The molecule has 7 nitrogen and oxygen atoms in total. The van der Waals surface area contributed by atoms with Crippen LogP contribution in [0.25, 0.3) is 0 Å². The second kappa shape index (κ2) is 5.96. The molecule has 0 saturated carbocycles. The molecular weight excluding hydrogens is 318 g/mol. The molecular formula is C15H15N3O4S. The molecule has 1 fully saturated rings. The van der Waals surface area contributed by atoms with Gasteiger partial charge in [0, 0.05) is 20.3 Å². The molecule has 0 spiro atoms. The van der Waals surface area contributed by atoms with Gasteiger partial charge in [0.15, 0.2) is 22.5 Å². The molecule has 0 bridgehead atoms. The number of hydrogen-bond donors (Lipinski definition) is 0. The maximum Gasteiger partial charge on any atom is 0.246 e. The Morgan fingerprint density at radius 1 is 1.22 bits per heavy atom. The van der Waals surface area contributed by atoms with Crippen molar-refractivity contribution in [2.24, 2.45) is 10.9 Å². The first kappa shape index (κ1) is 15.4. The zero-order chi connectivity index (χ0) is 16.6. The zero-order valence-electron chi connectivity index (χ0n) is 12.7. The van der Waals surface area contributed by atoms with Gasteiger partial charge in [0.1, 0.15) is 0 Å². The van der Waals surface area contributed by atoms with Crippen molar-refractivity contribution >= 4 is 35.4 Å². The van der Waals surface area contributed by atoms with Gasteiger partial charge < -0.3 is 9.47 Å². The van der Waals surface area contributed by atoms with Gasteiger partial charge in [-0.2, -0.15) is 0 Å². The lowest BCUT2D eigenvalue weighted by Crippen LogP contribution is -2.57. The highest BCUT2D eigenvalue weighted by atomic mass is 32.1. The summed E-state index contributed by atoms with van der Waals surface area (Å²) in [5, 5.41) is 0.195. The molecule has 0 aromatic heterocycles. The molecule has 0 atom stereocenters. The summed E-state index contributed by atoms with van der Waals surface area (Å²) in [6.45, 7) is 0.553. The van der Waals surface area contributed by atoms with E-state index in [-0.39, 0.29) is 23.7 Å². The van der Waals surface area contributed by atoms with E-state index in [2.05, 4.69) is 4.99 Å². The standard InChI is InChI=1S/C15H15N3O4S/c1-17-13(19)10(14(20)18(2)15(17)23)7-16-6-9-3-4-11-12(5-9)22-8-21-11/h3-5,7,10H,6,8H2,1-2H3. The molecule has 2 aliphatic rings. The third-order valence-corrected chi connectivity index (χ3v) is 4.28. The molecule has 120 valence electrons. The summed E-state index contributed by atoms with van der Waals surface area (Å²) in [6.07, 6.45) is 1.38. The number of nitrogens with zero attached hydrogens (tertiary/aromatic N) is 3. The summed E-state index contributed by atoms with van der Waals surface area (Å²) < 4.78 is 10.5. The number of carbonyl (C=O) groups excluding carboxylic acids is 2. The van der Waals surface area contributed by atoms with E-state index in [0.717, 1.165) is 5.56 Å². The van der Waals surface area contributed by atoms with Crippen LogP contribution in [0.3, 0.4) is 0 Å². The van der Waals surface area contributed by atoms with Crippen LogP contribution in [0.5, 0.6) is 11.5 Å². The second-order valence-electron chi connectivity index (χ2n) is 5.23. The summed E-state index contributed by atoms with van der Waals surface area (Å²) in [4.78, 5) is 31.1. The number of benzene rings is 1. The Bertz CT molecular complexity index is 695. The molecule has 23 heavy (non-hydrogen) atoms. The molecule has 2 aliphatic heterocycles. The molecule has 1 aromatic carbocycles. The van der Waals surface area contributed by atoms with Crippen molar-refractivity contribution < 1.29 is 19.1 Å². The van der Waals surface area contributed by atoms with E-state index in [4.69, 9.17) is 21.7 Å². The first-order valence-electron chi connectivity index (χ1n) is 6.96. The van der Waals surface area contributed by atoms with E-state index in [9.17, 15) is 9.59 Å². The number of hydrogen-bond acceptors (Lipinski definition) is 6. The number of ether oxygens (including phenoxy) is 2. The minimum absolute atomic E-state index is 0.195. The molecule has 0 aliphatic carbocycles. The van der Waals surface area contributed by atoms with Crippen LogP contribution in [-0.4, -0.2) is 53.8 Å². The number of aliphatic imine (C=N–C) groups is 1.